The molecular formula is C27H28Cl2N2O3. The quantitative estimate of drug-likeness (QED) is 0.303. The standard InChI is InChI=1S/C27H27ClN2O3.ClH/c1-3-17-16-30-13-11-19(17)14-25(30)26(33-27(31)18-4-6-20(28)7-5-18)22-10-12-29-24-9-8-21(32-2)15-23(22)24;/h3-10,12,15,17,19,25-26H,1,11,13-14,16H2,2H3;1H. The monoisotopic (exact) mass is 498 g/mol. The highest BCUT2D eigenvalue weighted by molar-refractivity contribution is 6.30. The Hall–Kier alpha value is -2.60. The summed E-state index contributed by atoms with van der Waals surface area (Å²) < 4.78 is 11.8. The zero-order valence-electron chi connectivity index (χ0n) is 19.0. The molecule has 1 aromatic heterocycles. The van der Waals surface area contributed by atoms with Crippen LogP contribution in [0.3, 0.4) is 0 Å². The molecule has 4 heterocycles. The topological polar surface area (TPSA) is 51.7 Å². The van der Waals surface area contributed by atoms with Gasteiger partial charge in [-0.15, -0.1) is 19.0 Å². The average Bonchev–Trinajstić information content (AvgIpc) is 2.87. The van der Waals surface area contributed by atoms with Crippen molar-refractivity contribution in [3.63, 3.8) is 0 Å². The Bertz CT molecular complexity index is 1180. The van der Waals surface area contributed by atoms with Crippen LogP contribution in [0.25, 0.3) is 10.9 Å². The van der Waals surface area contributed by atoms with E-state index in [-0.39, 0.29) is 24.4 Å². The lowest BCUT2D eigenvalue weighted by Gasteiger charge is -2.51. The molecule has 5 nitrogen and oxygen atoms in total. The molecule has 2 aromatic carbocycles. The molecule has 0 amide bonds. The van der Waals surface area contributed by atoms with Gasteiger partial charge in [0.05, 0.1) is 24.2 Å². The molecule has 3 fully saturated rings. The van der Waals surface area contributed by atoms with E-state index in [1.165, 1.54) is 0 Å². The molecule has 3 aliphatic rings. The van der Waals surface area contributed by atoms with Crippen molar-refractivity contribution in [1.29, 1.82) is 0 Å². The molecule has 7 heteroatoms. The number of aromatic nitrogens is 1. The number of ether oxygens (including phenoxy) is 2. The molecular weight excluding hydrogens is 471 g/mol. The first kappa shape index (κ1) is 24.5. The number of esters is 1. The molecule has 0 N–H and O–H groups in total. The maximum atomic E-state index is 13.2. The van der Waals surface area contributed by atoms with Crippen molar-refractivity contribution in [2.75, 3.05) is 20.2 Å². The largest absolute Gasteiger partial charge is 0.497 e. The summed E-state index contributed by atoms with van der Waals surface area (Å²) in [5.74, 6) is 1.43. The zero-order chi connectivity index (χ0) is 22.9. The number of carbonyl (C=O) groups excluding carboxylic acids is 1. The predicted molar refractivity (Wildman–Crippen MR) is 137 cm³/mol. The van der Waals surface area contributed by atoms with Gasteiger partial charge in [0, 0.05) is 28.7 Å². The molecule has 5 unspecified atom stereocenters. The summed E-state index contributed by atoms with van der Waals surface area (Å²) >= 11 is 6.02. The van der Waals surface area contributed by atoms with Crippen LogP contribution in [-0.4, -0.2) is 42.1 Å². The molecule has 6 rings (SSSR count). The van der Waals surface area contributed by atoms with Crippen molar-refractivity contribution in [3.05, 3.63) is 83.5 Å². The van der Waals surface area contributed by atoms with E-state index in [4.69, 9.17) is 21.1 Å². The summed E-state index contributed by atoms with van der Waals surface area (Å²) in [6, 6.07) is 14.7. The lowest BCUT2D eigenvalue weighted by Crippen LogP contribution is -2.55. The zero-order valence-corrected chi connectivity index (χ0v) is 20.6. The van der Waals surface area contributed by atoms with E-state index in [0.29, 0.717) is 22.4 Å². The van der Waals surface area contributed by atoms with Gasteiger partial charge in [-0.25, -0.2) is 4.79 Å². The highest BCUT2D eigenvalue weighted by atomic mass is 35.5. The fourth-order valence-electron chi connectivity index (χ4n) is 5.33. The van der Waals surface area contributed by atoms with Gasteiger partial charge in [-0.05, 0) is 79.8 Å². The van der Waals surface area contributed by atoms with E-state index in [0.717, 1.165) is 48.1 Å². The summed E-state index contributed by atoms with van der Waals surface area (Å²) in [5.41, 5.74) is 2.29. The number of benzene rings is 2. The number of pyridine rings is 1. The molecule has 3 saturated heterocycles. The Kier molecular flexibility index (Phi) is 7.46. The number of fused-ring (bicyclic) bond motifs is 4. The van der Waals surface area contributed by atoms with Crippen LogP contribution in [0.1, 0.15) is 34.9 Å². The predicted octanol–water partition coefficient (Wildman–Crippen LogP) is 6.11. The van der Waals surface area contributed by atoms with Crippen molar-refractivity contribution < 1.29 is 14.3 Å². The number of hydrogen-bond acceptors (Lipinski definition) is 5. The van der Waals surface area contributed by atoms with Gasteiger partial charge >= 0.3 is 5.97 Å². The number of methoxy groups -OCH3 is 1. The second kappa shape index (κ2) is 10.3. The van der Waals surface area contributed by atoms with Crippen LogP contribution < -0.4 is 4.74 Å². The first-order valence-corrected chi connectivity index (χ1v) is 11.7. The molecule has 0 saturated carbocycles. The van der Waals surface area contributed by atoms with Gasteiger partial charge < -0.3 is 9.47 Å². The van der Waals surface area contributed by atoms with Gasteiger partial charge in [0.1, 0.15) is 11.9 Å². The summed E-state index contributed by atoms with van der Waals surface area (Å²) in [4.78, 5) is 20.2. The van der Waals surface area contributed by atoms with E-state index in [2.05, 4.69) is 22.5 Å². The minimum atomic E-state index is -0.431. The minimum absolute atomic E-state index is 0. The second-order valence-electron chi connectivity index (χ2n) is 8.86. The highest BCUT2D eigenvalue weighted by Gasteiger charge is 2.44. The van der Waals surface area contributed by atoms with Crippen molar-refractivity contribution >= 4 is 40.9 Å². The molecule has 178 valence electrons. The molecule has 3 aliphatic heterocycles. The maximum absolute atomic E-state index is 13.2. The van der Waals surface area contributed by atoms with Crippen molar-refractivity contribution in [1.82, 2.24) is 9.88 Å². The maximum Gasteiger partial charge on any atom is 0.338 e. The third-order valence-corrected chi connectivity index (χ3v) is 7.36. The average molecular weight is 499 g/mol. The van der Waals surface area contributed by atoms with Crippen LogP contribution in [-0.2, 0) is 4.74 Å². The smallest absolute Gasteiger partial charge is 0.338 e. The summed E-state index contributed by atoms with van der Waals surface area (Å²) in [6.45, 7) is 5.99. The highest BCUT2D eigenvalue weighted by Crippen LogP contribution is 2.44. The Balaban J connectivity index is 0.00000274. The fourth-order valence-corrected chi connectivity index (χ4v) is 5.46. The Morgan fingerprint density at radius 1 is 1.24 bits per heavy atom. The molecule has 0 radical (unpaired) electrons. The van der Waals surface area contributed by atoms with Crippen LogP contribution in [0.15, 0.2) is 67.4 Å². The van der Waals surface area contributed by atoms with E-state index in [1.807, 2.05) is 24.3 Å². The molecule has 3 aromatic rings. The second-order valence-corrected chi connectivity index (χ2v) is 9.30. The number of piperidine rings is 3. The third kappa shape index (κ3) is 4.65. The van der Waals surface area contributed by atoms with Crippen LogP contribution in [0, 0.1) is 11.8 Å². The number of carbonyl (C=O) groups is 1. The van der Waals surface area contributed by atoms with Gasteiger partial charge in [0.25, 0.3) is 0 Å². The third-order valence-electron chi connectivity index (χ3n) is 7.11. The van der Waals surface area contributed by atoms with Gasteiger partial charge in [0.15, 0.2) is 0 Å². The molecule has 34 heavy (non-hydrogen) atoms. The van der Waals surface area contributed by atoms with E-state index < -0.39 is 6.10 Å². The molecule has 0 aliphatic carbocycles. The normalized spacial score (nSPS) is 24.2. The van der Waals surface area contributed by atoms with E-state index >= 15 is 0 Å². The summed E-state index contributed by atoms with van der Waals surface area (Å²) in [6.07, 6.45) is 5.54. The minimum Gasteiger partial charge on any atom is -0.497 e. The summed E-state index contributed by atoms with van der Waals surface area (Å²) in [5, 5.41) is 1.52. The molecule has 0 spiro atoms. The Labute approximate surface area is 211 Å². The number of rotatable bonds is 6. The van der Waals surface area contributed by atoms with E-state index in [1.54, 1.807) is 37.6 Å². The van der Waals surface area contributed by atoms with Crippen LogP contribution in [0.4, 0.5) is 0 Å². The lowest BCUT2D eigenvalue weighted by molar-refractivity contribution is -0.0568. The Morgan fingerprint density at radius 3 is 2.71 bits per heavy atom. The van der Waals surface area contributed by atoms with Crippen molar-refractivity contribution in [2.24, 2.45) is 11.8 Å². The van der Waals surface area contributed by atoms with Crippen molar-refractivity contribution in [3.8, 4) is 5.75 Å². The SMILES string of the molecule is C=CC1CN2CCC1CC2C(OC(=O)c1ccc(Cl)cc1)c1ccnc2ccc(OC)cc12.Cl. The number of nitrogens with zero attached hydrogens (tertiary/aromatic N) is 2. The Morgan fingerprint density at radius 2 is 2.03 bits per heavy atom. The number of halogens is 2. The summed E-state index contributed by atoms with van der Waals surface area (Å²) in [7, 11) is 1.65. The van der Waals surface area contributed by atoms with Gasteiger partial charge in [-0.3, -0.25) is 9.88 Å². The van der Waals surface area contributed by atoms with Gasteiger partial charge in [-0.1, -0.05) is 17.7 Å². The molecule has 5 atom stereocenters. The first-order valence-electron chi connectivity index (χ1n) is 11.3. The lowest BCUT2D eigenvalue weighted by atomic mass is 9.73. The van der Waals surface area contributed by atoms with E-state index in [9.17, 15) is 4.79 Å². The van der Waals surface area contributed by atoms with Gasteiger partial charge in [0.2, 0.25) is 0 Å². The molecule has 2 bridgehead atoms. The van der Waals surface area contributed by atoms with Gasteiger partial charge in [-0.2, -0.15) is 0 Å². The van der Waals surface area contributed by atoms with Crippen LogP contribution >= 0.6 is 24.0 Å². The van der Waals surface area contributed by atoms with Crippen LogP contribution in [0.5, 0.6) is 5.75 Å². The van der Waals surface area contributed by atoms with Crippen LogP contribution in [0.2, 0.25) is 5.02 Å². The first-order chi connectivity index (χ1) is 16.1. The fraction of sp³-hybridized carbons (Fsp3) is 0.333. The van der Waals surface area contributed by atoms with Crippen molar-refractivity contribution in [2.45, 2.75) is 25.0 Å². The number of hydrogen-bond donors (Lipinski definition) is 0.